The molecule has 1 nitrogen and oxygen atoms in total. The predicted molar refractivity (Wildman–Crippen MR) is 73.8 cm³/mol. The highest BCUT2D eigenvalue weighted by Gasteiger charge is 2.08. The third-order valence-corrected chi connectivity index (χ3v) is 3.71. The van der Waals surface area contributed by atoms with Gasteiger partial charge in [-0.15, -0.1) is 0 Å². The third-order valence-electron chi connectivity index (χ3n) is 2.40. The monoisotopic (exact) mass is 358 g/mol. The van der Waals surface area contributed by atoms with Crippen LogP contribution in [0, 0.1) is 5.82 Å². The summed E-state index contributed by atoms with van der Waals surface area (Å²) in [7, 11) is 1.62. The van der Waals surface area contributed by atoms with E-state index in [2.05, 4.69) is 31.9 Å². The maximum Gasteiger partial charge on any atom is 0.124 e. The fraction of sp³-hybridized carbons (Fsp3) is 0.0769. The zero-order valence-corrected chi connectivity index (χ0v) is 12.2. The fourth-order valence-electron chi connectivity index (χ4n) is 1.55. The van der Waals surface area contributed by atoms with E-state index in [4.69, 9.17) is 4.74 Å². The normalized spacial score (nSPS) is 10.4. The van der Waals surface area contributed by atoms with E-state index < -0.39 is 0 Å². The molecule has 4 heteroatoms. The van der Waals surface area contributed by atoms with Gasteiger partial charge >= 0.3 is 0 Å². The quantitative estimate of drug-likeness (QED) is 0.730. The Hall–Kier alpha value is -0.870. The third kappa shape index (κ3) is 2.69. The average Bonchev–Trinajstić information content (AvgIpc) is 2.30. The first-order chi connectivity index (χ1) is 8.11. The Kier molecular flexibility index (Phi) is 3.84. The minimum Gasteiger partial charge on any atom is -0.497 e. The highest BCUT2D eigenvalue weighted by atomic mass is 79.9. The van der Waals surface area contributed by atoms with Gasteiger partial charge in [-0.05, 0) is 41.5 Å². The van der Waals surface area contributed by atoms with Gasteiger partial charge in [-0.2, -0.15) is 0 Å². The van der Waals surface area contributed by atoms with Crippen LogP contribution >= 0.6 is 31.9 Å². The molecule has 88 valence electrons. The topological polar surface area (TPSA) is 9.23 Å². The second kappa shape index (κ2) is 5.19. The Morgan fingerprint density at radius 2 is 1.53 bits per heavy atom. The standard InChI is InChI=1S/C13H9Br2FO/c1-17-9-3-5-11(13(15)7-9)10-4-2-8(16)6-12(10)14/h2-7H,1H3. The van der Waals surface area contributed by atoms with Crippen LogP contribution in [0.25, 0.3) is 11.1 Å². The molecule has 0 unspecified atom stereocenters. The second-order valence-electron chi connectivity index (χ2n) is 3.47. The van der Waals surface area contributed by atoms with Crippen LogP contribution < -0.4 is 4.74 Å². The van der Waals surface area contributed by atoms with Crippen molar-refractivity contribution in [1.29, 1.82) is 0 Å². The van der Waals surface area contributed by atoms with Gasteiger partial charge in [0.2, 0.25) is 0 Å². The number of hydrogen-bond acceptors (Lipinski definition) is 1. The van der Waals surface area contributed by atoms with Crippen LogP contribution in [0.4, 0.5) is 4.39 Å². The molecule has 0 saturated heterocycles. The van der Waals surface area contributed by atoms with Crippen molar-refractivity contribution in [3.8, 4) is 16.9 Å². The summed E-state index contributed by atoms with van der Waals surface area (Å²) in [6.45, 7) is 0. The van der Waals surface area contributed by atoms with Crippen molar-refractivity contribution in [3.05, 3.63) is 51.2 Å². The van der Waals surface area contributed by atoms with Crippen molar-refractivity contribution in [2.45, 2.75) is 0 Å². The molecule has 2 aromatic rings. The van der Waals surface area contributed by atoms with Crippen LogP contribution in [-0.4, -0.2) is 7.11 Å². The largest absolute Gasteiger partial charge is 0.497 e. The number of methoxy groups -OCH3 is 1. The summed E-state index contributed by atoms with van der Waals surface area (Å²) < 4.78 is 19.8. The molecule has 0 aliphatic rings. The van der Waals surface area contributed by atoms with E-state index in [1.807, 2.05) is 18.2 Å². The molecular weight excluding hydrogens is 351 g/mol. The highest BCUT2D eigenvalue weighted by Crippen LogP contribution is 2.35. The van der Waals surface area contributed by atoms with Crippen LogP contribution in [-0.2, 0) is 0 Å². The van der Waals surface area contributed by atoms with Crippen molar-refractivity contribution in [2.75, 3.05) is 7.11 Å². The summed E-state index contributed by atoms with van der Waals surface area (Å²) in [5.41, 5.74) is 1.92. The van der Waals surface area contributed by atoms with Crippen LogP contribution in [0.15, 0.2) is 45.3 Å². The second-order valence-corrected chi connectivity index (χ2v) is 5.18. The van der Waals surface area contributed by atoms with Crippen LogP contribution in [0.3, 0.4) is 0 Å². The minimum absolute atomic E-state index is 0.259. The molecule has 2 aromatic carbocycles. The maximum atomic E-state index is 13.0. The SMILES string of the molecule is COc1ccc(-c2ccc(F)cc2Br)c(Br)c1. The van der Waals surface area contributed by atoms with Gasteiger partial charge in [0.1, 0.15) is 11.6 Å². The summed E-state index contributed by atoms with van der Waals surface area (Å²) in [5, 5.41) is 0. The van der Waals surface area contributed by atoms with Gasteiger partial charge in [0.15, 0.2) is 0 Å². The lowest BCUT2D eigenvalue weighted by Gasteiger charge is -2.09. The van der Waals surface area contributed by atoms with E-state index >= 15 is 0 Å². The van der Waals surface area contributed by atoms with Gasteiger partial charge in [0, 0.05) is 8.95 Å². The lowest BCUT2D eigenvalue weighted by atomic mass is 10.1. The van der Waals surface area contributed by atoms with Gasteiger partial charge in [0.05, 0.1) is 7.11 Å². The fourth-order valence-corrected chi connectivity index (χ4v) is 2.68. The molecule has 0 fully saturated rings. The summed E-state index contributed by atoms with van der Waals surface area (Å²) in [6.07, 6.45) is 0. The predicted octanol–water partition coefficient (Wildman–Crippen LogP) is 5.03. The molecule has 0 aromatic heterocycles. The Bertz CT molecular complexity index is 555. The number of halogens is 3. The molecule has 0 amide bonds. The Labute approximate surface area is 116 Å². The van der Waals surface area contributed by atoms with E-state index in [1.165, 1.54) is 12.1 Å². The Morgan fingerprint density at radius 1 is 0.941 bits per heavy atom. The van der Waals surface area contributed by atoms with Gasteiger partial charge in [-0.1, -0.05) is 37.9 Å². The van der Waals surface area contributed by atoms with Crippen molar-refractivity contribution in [1.82, 2.24) is 0 Å². The molecule has 0 aliphatic heterocycles. The summed E-state index contributed by atoms with van der Waals surface area (Å²) in [6, 6.07) is 10.3. The number of hydrogen-bond donors (Lipinski definition) is 0. The van der Waals surface area contributed by atoms with Crippen molar-refractivity contribution in [2.24, 2.45) is 0 Å². The number of ether oxygens (including phenoxy) is 1. The van der Waals surface area contributed by atoms with E-state index in [9.17, 15) is 4.39 Å². The molecule has 2 rings (SSSR count). The van der Waals surface area contributed by atoms with Crippen molar-refractivity contribution < 1.29 is 9.13 Å². The average molecular weight is 360 g/mol. The van der Waals surface area contributed by atoms with E-state index in [1.54, 1.807) is 13.2 Å². The zero-order valence-electron chi connectivity index (χ0n) is 9.01. The Morgan fingerprint density at radius 3 is 2.06 bits per heavy atom. The van der Waals surface area contributed by atoms with Crippen LogP contribution in [0.5, 0.6) is 5.75 Å². The van der Waals surface area contributed by atoms with Crippen LogP contribution in [0.1, 0.15) is 0 Å². The molecule has 0 spiro atoms. The Balaban J connectivity index is 2.53. The molecule has 0 saturated carbocycles. The lowest BCUT2D eigenvalue weighted by molar-refractivity contribution is 0.414. The number of rotatable bonds is 2. The molecule has 0 atom stereocenters. The van der Waals surface area contributed by atoms with Gasteiger partial charge < -0.3 is 4.74 Å². The van der Waals surface area contributed by atoms with Crippen LogP contribution in [0.2, 0.25) is 0 Å². The highest BCUT2D eigenvalue weighted by molar-refractivity contribution is 9.11. The molecule has 0 heterocycles. The van der Waals surface area contributed by atoms with E-state index in [0.717, 1.165) is 25.8 Å². The maximum absolute atomic E-state index is 13.0. The van der Waals surface area contributed by atoms with Gasteiger partial charge in [-0.3, -0.25) is 0 Å². The van der Waals surface area contributed by atoms with Gasteiger partial charge in [0.25, 0.3) is 0 Å². The van der Waals surface area contributed by atoms with Gasteiger partial charge in [-0.25, -0.2) is 4.39 Å². The number of benzene rings is 2. The molecule has 0 radical (unpaired) electrons. The summed E-state index contributed by atoms with van der Waals surface area (Å²) in [4.78, 5) is 0. The first kappa shape index (κ1) is 12.6. The summed E-state index contributed by atoms with van der Waals surface area (Å²) >= 11 is 6.84. The first-order valence-electron chi connectivity index (χ1n) is 4.91. The minimum atomic E-state index is -0.259. The van der Waals surface area contributed by atoms with E-state index in [0.29, 0.717) is 0 Å². The smallest absolute Gasteiger partial charge is 0.124 e. The molecule has 0 N–H and O–H groups in total. The molecule has 0 bridgehead atoms. The molecule has 17 heavy (non-hydrogen) atoms. The molecule has 0 aliphatic carbocycles. The summed E-state index contributed by atoms with van der Waals surface area (Å²) in [5.74, 6) is 0.518. The molecular formula is C13H9Br2FO. The van der Waals surface area contributed by atoms with Crippen molar-refractivity contribution in [3.63, 3.8) is 0 Å². The zero-order chi connectivity index (χ0) is 12.4. The van der Waals surface area contributed by atoms with Crippen molar-refractivity contribution >= 4 is 31.9 Å². The van der Waals surface area contributed by atoms with E-state index in [-0.39, 0.29) is 5.82 Å². The first-order valence-corrected chi connectivity index (χ1v) is 6.49. The lowest BCUT2D eigenvalue weighted by Crippen LogP contribution is -1.86.